The monoisotopic (exact) mass is 756 g/mol. The van der Waals surface area contributed by atoms with E-state index in [-0.39, 0.29) is 5.56 Å². The largest absolute Gasteiger partial charge is 0.465 e. The summed E-state index contributed by atoms with van der Waals surface area (Å²) in [4.78, 5) is 33.9. The number of esters is 3. The van der Waals surface area contributed by atoms with Gasteiger partial charge >= 0.3 is 17.9 Å². The van der Waals surface area contributed by atoms with Crippen LogP contribution in [0.25, 0.3) is 0 Å². The van der Waals surface area contributed by atoms with Gasteiger partial charge in [0.15, 0.2) is 0 Å². The molecule has 0 bridgehead atoms. The van der Waals surface area contributed by atoms with Gasteiger partial charge in [0.2, 0.25) is 0 Å². The summed E-state index contributed by atoms with van der Waals surface area (Å²) in [6, 6.07) is 15.0. The van der Waals surface area contributed by atoms with Crippen molar-refractivity contribution in [1.29, 1.82) is 0 Å². The van der Waals surface area contributed by atoms with Crippen molar-refractivity contribution in [2.75, 3.05) is 21.3 Å². The molecule has 0 atom stereocenters. The van der Waals surface area contributed by atoms with Crippen LogP contribution in [0.3, 0.4) is 0 Å². The maximum absolute atomic E-state index is 11.4. The van der Waals surface area contributed by atoms with Gasteiger partial charge in [0.05, 0.1) is 58.7 Å². The summed E-state index contributed by atoms with van der Waals surface area (Å²) in [5, 5.41) is 20.2. The van der Waals surface area contributed by atoms with Crippen LogP contribution in [0.2, 0.25) is 15.1 Å². The molecule has 0 radical (unpaired) electrons. The number of carbonyl (C=O) groups is 3. The van der Waals surface area contributed by atoms with E-state index in [9.17, 15) is 24.6 Å². The minimum absolute atomic E-state index is 0.261. The van der Waals surface area contributed by atoms with Crippen molar-refractivity contribution in [3.8, 4) is 11.8 Å². The Kier molecular flexibility index (Phi) is 16.8. The van der Waals surface area contributed by atoms with E-state index in [0.29, 0.717) is 44.6 Å². The highest BCUT2D eigenvalue weighted by Crippen LogP contribution is 2.23. The third-order valence-electron chi connectivity index (χ3n) is 5.68. The van der Waals surface area contributed by atoms with Gasteiger partial charge in [0.1, 0.15) is 5.60 Å². The third-order valence-corrected chi connectivity index (χ3v) is 7.16. The summed E-state index contributed by atoms with van der Waals surface area (Å²) in [5.41, 5.74) is 0.748. The van der Waals surface area contributed by atoms with Gasteiger partial charge in [-0.15, -0.1) is 0 Å². The van der Waals surface area contributed by atoms with Gasteiger partial charge in [0, 0.05) is 10.0 Å². The first-order chi connectivity index (χ1) is 21.3. The lowest BCUT2D eigenvalue weighted by Gasteiger charge is -2.16. The molecule has 0 amide bonds. The van der Waals surface area contributed by atoms with Gasteiger partial charge < -0.3 is 24.4 Å². The minimum atomic E-state index is -1.08. The molecule has 0 aliphatic rings. The second-order valence-electron chi connectivity index (χ2n) is 10.7. The van der Waals surface area contributed by atoms with Crippen LogP contribution < -0.4 is 0 Å². The van der Waals surface area contributed by atoms with E-state index in [1.54, 1.807) is 70.2 Å². The number of benzene rings is 3. The van der Waals surface area contributed by atoms with E-state index in [1.807, 2.05) is 6.07 Å². The van der Waals surface area contributed by atoms with Gasteiger partial charge in [-0.3, -0.25) is 0 Å². The number of aliphatic hydroxyl groups is 2. The molecule has 2 N–H and O–H groups in total. The van der Waals surface area contributed by atoms with E-state index in [0.717, 1.165) is 10.0 Å². The highest BCUT2D eigenvalue weighted by Gasteiger charge is 2.15. The summed E-state index contributed by atoms with van der Waals surface area (Å²) < 4.78 is 14.6. The molecule has 0 aromatic heterocycles. The van der Waals surface area contributed by atoms with Crippen molar-refractivity contribution >= 4 is 68.6 Å². The Balaban J connectivity index is 0.000000351. The summed E-state index contributed by atoms with van der Waals surface area (Å²) in [6.45, 7) is 6.67. The Morgan fingerprint density at radius 3 is 1.61 bits per heavy atom. The zero-order chi connectivity index (χ0) is 35.2. The zero-order valence-electron chi connectivity index (χ0n) is 26.5. The van der Waals surface area contributed by atoms with Crippen LogP contribution in [0.4, 0.5) is 0 Å². The second-order valence-corrected chi connectivity index (χ2v) is 12.9. The molecule has 248 valence electrons. The van der Waals surface area contributed by atoms with Gasteiger partial charge in [0.25, 0.3) is 0 Å². The van der Waals surface area contributed by atoms with E-state index < -0.39 is 29.1 Å². The molecule has 0 aliphatic carbocycles. The number of methoxy groups -OCH3 is 3. The van der Waals surface area contributed by atoms with Crippen LogP contribution in [0.15, 0.2) is 59.1 Å². The number of carbonyl (C=O) groups excluding carboxylic acids is 3. The fourth-order valence-electron chi connectivity index (χ4n) is 3.30. The topological polar surface area (TPSA) is 119 Å². The van der Waals surface area contributed by atoms with E-state index >= 15 is 0 Å². The molecule has 0 saturated carbocycles. The average molecular weight is 759 g/mol. The third kappa shape index (κ3) is 15.0. The molecule has 3 rings (SSSR count). The standard InChI is InChI=1S/C13H17ClO3.C13H13ClO3.C8H6BrClO2/c2*1-13(2,16)7-6-9-4-5-11(14)10(8-9)12(15)17-3;1-12-8(11)6-4-5(9)2-3-7(6)10/h4-5,8,16H,6-7H2,1-3H3;4-5,8,16H,1-3H3;2-4H,1H3. The van der Waals surface area contributed by atoms with E-state index in [4.69, 9.17) is 34.8 Å². The quantitative estimate of drug-likeness (QED) is 0.148. The van der Waals surface area contributed by atoms with Crippen molar-refractivity contribution in [2.24, 2.45) is 0 Å². The molecule has 0 heterocycles. The molecule has 0 spiro atoms. The van der Waals surface area contributed by atoms with Crippen molar-refractivity contribution in [1.82, 2.24) is 0 Å². The molecule has 12 heteroatoms. The molecule has 0 aliphatic heterocycles. The Labute approximate surface area is 293 Å². The first-order valence-electron chi connectivity index (χ1n) is 13.6. The summed E-state index contributed by atoms with van der Waals surface area (Å²) >= 11 is 20.7. The van der Waals surface area contributed by atoms with Crippen molar-refractivity contribution in [2.45, 2.75) is 51.7 Å². The summed E-state index contributed by atoms with van der Waals surface area (Å²) in [5.74, 6) is 4.03. The van der Waals surface area contributed by atoms with Crippen molar-refractivity contribution < 1.29 is 38.8 Å². The van der Waals surface area contributed by atoms with Crippen LogP contribution in [-0.4, -0.2) is 60.7 Å². The first-order valence-corrected chi connectivity index (χ1v) is 15.5. The SMILES string of the molecule is COC(=O)c1cc(Br)ccc1Cl.COC(=O)c1cc(C#CC(C)(C)O)ccc1Cl.COC(=O)c1cc(CCC(C)(C)O)ccc1Cl. The maximum Gasteiger partial charge on any atom is 0.339 e. The van der Waals surface area contributed by atoms with E-state index in [1.165, 1.54) is 27.4 Å². The Morgan fingerprint density at radius 1 is 0.717 bits per heavy atom. The molecule has 0 saturated heterocycles. The Bertz CT molecular complexity index is 1580. The fourth-order valence-corrected chi connectivity index (χ4v) is 4.25. The molecular formula is C34H36BrCl3O8. The number of ether oxygens (including phenoxy) is 3. The van der Waals surface area contributed by atoms with Gasteiger partial charge in [-0.1, -0.05) is 68.6 Å². The smallest absolute Gasteiger partial charge is 0.339 e. The zero-order valence-corrected chi connectivity index (χ0v) is 30.3. The molecular weight excluding hydrogens is 723 g/mol. The summed E-state index contributed by atoms with van der Waals surface area (Å²) in [7, 11) is 3.93. The van der Waals surface area contributed by atoms with Crippen LogP contribution in [-0.2, 0) is 20.6 Å². The lowest BCUT2D eigenvalue weighted by molar-refractivity contribution is 0.0591. The van der Waals surface area contributed by atoms with Crippen LogP contribution in [0, 0.1) is 11.8 Å². The molecule has 0 unspecified atom stereocenters. The number of rotatable bonds is 6. The molecule has 46 heavy (non-hydrogen) atoms. The molecule has 3 aromatic rings. The van der Waals surface area contributed by atoms with Gasteiger partial charge in [-0.25, -0.2) is 14.4 Å². The van der Waals surface area contributed by atoms with Crippen LogP contribution >= 0.6 is 50.7 Å². The van der Waals surface area contributed by atoms with Crippen molar-refractivity contribution in [3.63, 3.8) is 0 Å². The normalized spacial score (nSPS) is 10.5. The van der Waals surface area contributed by atoms with Crippen molar-refractivity contribution in [3.05, 3.63) is 102 Å². The molecule has 0 fully saturated rings. The maximum atomic E-state index is 11.4. The first kappa shape index (κ1) is 40.9. The molecule has 3 aromatic carbocycles. The number of halogens is 4. The Hall–Kier alpha value is -3.10. The van der Waals surface area contributed by atoms with E-state index in [2.05, 4.69) is 42.0 Å². The lowest BCUT2D eigenvalue weighted by Crippen LogP contribution is -2.19. The van der Waals surface area contributed by atoms with Gasteiger partial charge in [-0.2, -0.15) is 0 Å². The predicted octanol–water partition coefficient (Wildman–Crippen LogP) is 7.97. The lowest BCUT2D eigenvalue weighted by atomic mass is 9.98. The average Bonchev–Trinajstić information content (AvgIpc) is 3.00. The van der Waals surface area contributed by atoms with Crippen LogP contribution in [0.5, 0.6) is 0 Å². The fraction of sp³-hybridized carbons (Fsp3) is 0.324. The minimum Gasteiger partial charge on any atom is -0.465 e. The Morgan fingerprint density at radius 2 is 1.15 bits per heavy atom. The second kappa shape index (κ2) is 18.9. The number of hydrogen-bond acceptors (Lipinski definition) is 8. The number of aryl methyl sites for hydroxylation is 1. The van der Waals surface area contributed by atoms with Gasteiger partial charge in [-0.05, 0) is 94.6 Å². The highest BCUT2D eigenvalue weighted by molar-refractivity contribution is 9.10. The predicted molar refractivity (Wildman–Crippen MR) is 184 cm³/mol. The highest BCUT2D eigenvalue weighted by atomic mass is 79.9. The molecule has 8 nitrogen and oxygen atoms in total. The summed E-state index contributed by atoms with van der Waals surface area (Å²) in [6.07, 6.45) is 1.31. The van der Waals surface area contributed by atoms with Crippen LogP contribution in [0.1, 0.15) is 76.3 Å². The number of hydrogen-bond donors (Lipinski definition) is 2.